The molecule has 4 heteroatoms. The summed E-state index contributed by atoms with van der Waals surface area (Å²) in [6.07, 6.45) is 5.07. The molecule has 6 aromatic carbocycles. The van der Waals surface area contributed by atoms with Crippen LogP contribution >= 0.6 is 0 Å². The van der Waals surface area contributed by atoms with Crippen LogP contribution in [0.4, 0.5) is 0 Å². The van der Waals surface area contributed by atoms with Crippen LogP contribution in [0.1, 0.15) is 15.9 Å². The van der Waals surface area contributed by atoms with Crippen molar-refractivity contribution < 1.29 is 9.90 Å². The first-order chi connectivity index (χ1) is 22.7. The molecule has 0 amide bonds. The normalized spacial score (nSPS) is 10.9. The highest BCUT2D eigenvalue weighted by molar-refractivity contribution is 5.83. The monoisotopic (exact) mass is 596 g/mol. The van der Waals surface area contributed by atoms with Gasteiger partial charge in [-0.05, 0) is 87.1 Å². The lowest BCUT2D eigenvalue weighted by Crippen LogP contribution is -1.91. The van der Waals surface area contributed by atoms with Crippen LogP contribution < -0.4 is 0 Å². The zero-order chi connectivity index (χ0) is 31.3. The van der Waals surface area contributed by atoms with Gasteiger partial charge >= 0.3 is 0 Å². The molecule has 0 aliphatic carbocycles. The number of benzene rings is 6. The summed E-state index contributed by atoms with van der Waals surface area (Å²) >= 11 is 0. The fourth-order valence-electron chi connectivity index (χ4n) is 5.80. The highest BCUT2D eigenvalue weighted by Crippen LogP contribution is 2.26. The fraction of sp³-hybridized carbons (Fsp3) is 0.0238. The Morgan fingerprint density at radius 2 is 0.848 bits per heavy atom. The van der Waals surface area contributed by atoms with Gasteiger partial charge in [-0.2, -0.15) is 0 Å². The lowest BCUT2D eigenvalue weighted by atomic mass is 10.0. The van der Waals surface area contributed by atoms with E-state index in [9.17, 15) is 4.79 Å². The third-order valence-corrected chi connectivity index (χ3v) is 8.34. The Balaban J connectivity index is 0.000000147. The molecule has 1 N–H and O–H groups in total. The van der Waals surface area contributed by atoms with Crippen molar-refractivity contribution in [2.24, 2.45) is 0 Å². The first-order valence-corrected chi connectivity index (χ1v) is 15.3. The Morgan fingerprint density at radius 3 is 1.26 bits per heavy atom. The van der Waals surface area contributed by atoms with Crippen molar-refractivity contribution in [3.63, 3.8) is 0 Å². The largest absolute Gasteiger partial charge is 0.392 e. The van der Waals surface area contributed by atoms with E-state index < -0.39 is 0 Å². The minimum Gasteiger partial charge on any atom is -0.392 e. The molecule has 2 heterocycles. The summed E-state index contributed by atoms with van der Waals surface area (Å²) in [6, 6.07) is 53.7. The SMILES string of the molecule is O=Cc1ccc(-c2ccc(-n3ccc4ccccc43)cc2)cc1.OCc1ccc(-c2ccc(-n3ccc4ccccc43)cc2)cc1. The van der Waals surface area contributed by atoms with Crippen molar-refractivity contribution in [2.75, 3.05) is 0 Å². The zero-order valence-electron chi connectivity index (χ0n) is 25.2. The Kier molecular flexibility index (Phi) is 8.10. The second-order valence-electron chi connectivity index (χ2n) is 11.2. The van der Waals surface area contributed by atoms with E-state index in [2.05, 4.69) is 131 Å². The second-order valence-corrected chi connectivity index (χ2v) is 11.2. The van der Waals surface area contributed by atoms with E-state index in [4.69, 9.17) is 5.11 Å². The van der Waals surface area contributed by atoms with Crippen molar-refractivity contribution in [2.45, 2.75) is 6.61 Å². The number of rotatable bonds is 6. The Labute approximate surface area is 268 Å². The number of para-hydroxylation sites is 2. The molecule has 8 rings (SSSR count). The number of aliphatic hydroxyl groups excluding tert-OH is 1. The molecule has 0 radical (unpaired) electrons. The van der Waals surface area contributed by atoms with Crippen LogP contribution in [0.25, 0.3) is 55.4 Å². The summed E-state index contributed by atoms with van der Waals surface area (Å²) in [5.74, 6) is 0. The van der Waals surface area contributed by atoms with Crippen LogP contribution in [0.2, 0.25) is 0 Å². The van der Waals surface area contributed by atoms with Crippen LogP contribution in [0, 0.1) is 0 Å². The molecule has 8 aromatic rings. The van der Waals surface area contributed by atoms with E-state index >= 15 is 0 Å². The minimum atomic E-state index is 0.0833. The highest BCUT2D eigenvalue weighted by Gasteiger charge is 2.05. The molecule has 46 heavy (non-hydrogen) atoms. The van der Waals surface area contributed by atoms with E-state index in [-0.39, 0.29) is 6.61 Å². The van der Waals surface area contributed by atoms with E-state index in [1.54, 1.807) is 0 Å². The lowest BCUT2D eigenvalue weighted by molar-refractivity contribution is 0.112. The Bertz CT molecular complexity index is 2220. The number of aliphatic hydroxyl groups is 1. The van der Waals surface area contributed by atoms with Crippen LogP contribution in [0.5, 0.6) is 0 Å². The van der Waals surface area contributed by atoms with E-state index in [1.807, 2.05) is 48.5 Å². The molecule has 0 aliphatic heterocycles. The third kappa shape index (κ3) is 5.90. The standard InChI is InChI=1S/C21H17NO.C21H15NO/c2*23-15-16-5-7-17(8-6-16)18-9-11-20(12-10-18)22-14-13-19-3-1-2-4-21(19)22/h1-14,23H,15H2;1-15H. The van der Waals surface area contributed by atoms with Gasteiger partial charge in [0.25, 0.3) is 0 Å². The minimum absolute atomic E-state index is 0.0833. The van der Waals surface area contributed by atoms with Gasteiger partial charge in [0.15, 0.2) is 0 Å². The van der Waals surface area contributed by atoms with E-state index in [0.717, 1.165) is 39.9 Å². The molecule has 4 nitrogen and oxygen atoms in total. The Morgan fingerprint density at radius 1 is 0.457 bits per heavy atom. The maximum absolute atomic E-state index is 10.7. The maximum atomic E-state index is 10.7. The van der Waals surface area contributed by atoms with Gasteiger partial charge in [-0.15, -0.1) is 0 Å². The molecule has 0 spiro atoms. The predicted octanol–water partition coefficient (Wildman–Crippen LogP) is 9.90. The van der Waals surface area contributed by atoms with Crippen LogP contribution in [0.3, 0.4) is 0 Å². The number of aldehydes is 1. The van der Waals surface area contributed by atoms with Crippen molar-refractivity contribution in [3.05, 3.63) is 181 Å². The number of nitrogens with zero attached hydrogens (tertiary/aromatic N) is 2. The first-order valence-electron chi connectivity index (χ1n) is 15.3. The van der Waals surface area contributed by atoms with Crippen LogP contribution in [-0.4, -0.2) is 20.5 Å². The van der Waals surface area contributed by atoms with Gasteiger partial charge < -0.3 is 14.2 Å². The molecule has 0 bridgehead atoms. The summed E-state index contributed by atoms with van der Waals surface area (Å²) in [5.41, 5.74) is 10.9. The highest BCUT2D eigenvalue weighted by atomic mass is 16.3. The van der Waals surface area contributed by atoms with Crippen molar-refractivity contribution in [1.82, 2.24) is 9.13 Å². The van der Waals surface area contributed by atoms with Gasteiger partial charge in [-0.1, -0.05) is 109 Å². The summed E-state index contributed by atoms with van der Waals surface area (Å²) < 4.78 is 4.39. The number of hydrogen-bond acceptors (Lipinski definition) is 2. The number of aromatic nitrogens is 2. The molecule has 0 saturated heterocycles. The van der Waals surface area contributed by atoms with Crippen molar-refractivity contribution in [1.29, 1.82) is 0 Å². The molecular formula is C42H32N2O2. The molecule has 0 aliphatic rings. The van der Waals surface area contributed by atoms with Crippen molar-refractivity contribution in [3.8, 4) is 33.6 Å². The van der Waals surface area contributed by atoms with Crippen molar-refractivity contribution >= 4 is 28.1 Å². The third-order valence-electron chi connectivity index (χ3n) is 8.34. The van der Waals surface area contributed by atoms with Gasteiger partial charge in [-0.3, -0.25) is 4.79 Å². The number of carbonyl (C=O) groups is 1. The molecule has 222 valence electrons. The van der Waals surface area contributed by atoms with Crippen LogP contribution in [-0.2, 0) is 6.61 Å². The topological polar surface area (TPSA) is 47.2 Å². The molecule has 0 saturated carbocycles. The van der Waals surface area contributed by atoms with Gasteiger partial charge in [-0.25, -0.2) is 0 Å². The average Bonchev–Trinajstić information content (AvgIpc) is 3.77. The first kappa shape index (κ1) is 28.8. The summed E-state index contributed by atoms with van der Waals surface area (Å²) in [4.78, 5) is 10.7. The smallest absolute Gasteiger partial charge is 0.150 e. The molecule has 0 atom stereocenters. The van der Waals surface area contributed by atoms with Gasteiger partial charge in [0.05, 0.1) is 17.6 Å². The molecular weight excluding hydrogens is 564 g/mol. The lowest BCUT2D eigenvalue weighted by Gasteiger charge is -2.08. The maximum Gasteiger partial charge on any atom is 0.150 e. The second kappa shape index (κ2) is 12.9. The van der Waals surface area contributed by atoms with Gasteiger partial charge in [0.1, 0.15) is 6.29 Å². The van der Waals surface area contributed by atoms with E-state index in [0.29, 0.717) is 5.56 Å². The Hall–Kier alpha value is -5.97. The molecule has 0 fully saturated rings. The van der Waals surface area contributed by atoms with Gasteiger partial charge in [0.2, 0.25) is 0 Å². The van der Waals surface area contributed by atoms with E-state index in [1.165, 1.54) is 27.4 Å². The fourth-order valence-corrected chi connectivity index (χ4v) is 5.80. The summed E-state index contributed by atoms with van der Waals surface area (Å²) in [5, 5.41) is 11.6. The molecule has 0 unspecified atom stereocenters. The quantitative estimate of drug-likeness (QED) is 0.194. The predicted molar refractivity (Wildman–Crippen MR) is 189 cm³/mol. The molecule has 2 aromatic heterocycles. The zero-order valence-corrected chi connectivity index (χ0v) is 25.2. The number of carbonyl (C=O) groups excluding carboxylic acids is 1. The van der Waals surface area contributed by atoms with Gasteiger partial charge in [0, 0.05) is 29.3 Å². The number of hydrogen-bond donors (Lipinski definition) is 1. The number of fused-ring (bicyclic) bond motifs is 2. The average molecular weight is 597 g/mol. The van der Waals surface area contributed by atoms with Crippen LogP contribution in [0.15, 0.2) is 170 Å². The summed E-state index contributed by atoms with van der Waals surface area (Å²) in [7, 11) is 0. The summed E-state index contributed by atoms with van der Waals surface area (Å²) in [6.45, 7) is 0.0833.